The van der Waals surface area contributed by atoms with Crippen LogP contribution >= 0.6 is 0 Å². The van der Waals surface area contributed by atoms with E-state index >= 15 is 0 Å². The molecule has 2 aromatic rings. The Morgan fingerprint density at radius 3 is 2.73 bits per heavy atom. The zero-order chi connectivity index (χ0) is 15.6. The number of hydrogen-bond acceptors (Lipinski definition) is 4. The summed E-state index contributed by atoms with van der Waals surface area (Å²) in [4.78, 5) is 0. The van der Waals surface area contributed by atoms with Crippen LogP contribution in [0.4, 0.5) is 0 Å². The van der Waals surface area contributed by atoms with Crippen LogP contribution in [0, 0.1) is 0 Å². The third kappa shape index (κ3) is 3.77. The standard InChI is InChI=1S/C18H21NO3/c1-18(2,3)17-10-14(22-19-17)9-8-13-6-4-5-7-16(13)21-12-15-11-20-15/h4-10,15H,11-12H2,1-3H3/b9-8+. The third-order valence-electron chi connectivity index (χ3n) is 3.47. The molecule has 1 aliphatic rings. The van der Waals surface area contributed by atoms with Crippen molar-refractivity contribution in [2.75, 3.05) is 13.2 Å². The lowest BCUT2D eigenvalue weighted by Gasteiger charge is -2.12. The largest absolute Gasteiger partial charge is 0.490 e. The fourth-order valence-corrected chi connectivity index (χ4v) is 1.99. The highest BCUT2D eigenvalue weighted by Crippen LogP contribution is 2.25. The first-order valence-electron chi connectivity index (χ1n) is 7.51. The van der Waals surface area contributed by atoms with E-state index in [0.29, 0.717) is 6.61 Å². The van der Waals surface area contributed by atoms with Gasteiger partial charge in [-0.05, 0) is 18.2 Å². The number of hydrogen-bond donors (Lipinski definition) is 0. The second kappa shape index (κ2) is 5.97. The maximum absolute atomic E-state index is 5.79. The summed E-state index contributed by atoms with van der Waals surface area (Å²) in [7, 11) is 0. The average Bonchev–Trinajstić information content (AvgIpc) is 3.18. The molecular formula is C18H21NO3. The zero-order valence-electron chi connectivity index (χ0n) is 13.2. The molecule has 1 atom stereocenters. The lowest BCUT2D eigenvalue weighted by molar-refractivity contribution is 0.262. The number of benzene rings is 1. The van der Waals surface area contributed by atoms with Crippen LogP contribution in [0.25, 0.3) is 12.2 Å². The van der Waals surface area contributed by atoms with Crippen molar-refractivity contribution in [1.82, 2.24) is 5.16 Å². The van der Waals surface area contributed by atoms with Crippen molar-refractivity contribution in [2.45, 2.75) is 32.3 Å². The monoisotopic (exact) mass is 299 g/mol. The number of para-hydroxylation sites is 1. The van der Waals surface area contributed by atoms with Crippen LogP contribution in [0.15, 0.2) is 34.9 Å². The first-order valence-corrected chi connectivity index (χ1v) is 7.51. The Hall–Kier alpha value is -2.07. The van der Waals surface area contributed by atoms with E-state index < -0.39 is 0 Å². The van der Waals surface area contributed by atoms with Gasteiger partial charge < -0.3 is 14.0 Å². The molecule has 1 unspecified atom stereocenters. The van der Waals surface area contributed by atoms with Gasteiger partial charge in [0.25, 0.3) is 0 Å². The predicted molar refractivity (Wildman–Crippen MR) is 85.8 cm³/mol. The van der Waals surface area contributed by atoms with Crippen LogP contribution in [-0.2, 0) is 10.2 Å². The molecule has 1 aliphatic heterocycles. The quantitative estimate of drug-likeness (QED) is 0.785. The molecule has 0 amide bonds. The topological polar surface area (TPSA) is 47.8 Å². The van der Waals surface area contributed by atoms with E-state index in [2.05, 4.69) is 25.9 Å². The Bertz CT molecular complexity index is 663. The van der Waals surface area contributed by atoms with Gasteiger partial charge in [-0.15, -0.1) is 0 Å². The summed E-state index contributed by atoms with van der Waals surface area (Å²) in [6.45, 7) is 7.73. The number of epoxide rings is 1. The molecule has 0 saturated carbocycles. The molecule has 4 nitrogen and oxygen atoms in total. The minimum atomic E-state index is -0.0130. The molecule has 1 fully saturated rings. The second-order valence-electron chi connectivity index (χ2n) is 6.50. The molecule has 0 spiro atoms. The van der Waals surface area contributed by atoms with Crippen molar-refractivity contribution >= 4 is 12.2 Å². The number of aromatic nitrogens is 1. The summed E-state index contributed by atoms with van der Waals surface area (Å²) in [6, 6.07) is 9.90. The minimum Gasteiger partial charge on any atom is -0.490 e. The van der Waals surface area contributed by atoms with Gasteiger partial charge >= 0.3 is 0 Å². The van der Waals surface area contributed by atoms with E-state index in [1.807, 2.05) is 42.5 Å². The van der Waals surface area contributed by atoms with Crippen molar-refractivity contribution in [1.29, 1.82) is 0 Å². The zero-order valence-corrected chi connectivity index (χ0v) is 13.2. The van der Waals surface area contributed by atoms with E-state index in [9.17, 15) is 0 Å². The SMILES string of the molecule is CC(C)(C)c1cc(/C=C/c2ccccc2OCC2CO2)on1. The van der Waals surface area contributed by atoms with Crippen LogP contribution < -0.4 is 4.74 Å². The van der Waals surface area contributed by atoms with E-state index in [1.165, 1.54) is 0 Å². The molecule has 0 aliphatic carbocycles. The van der Waals surface area contributed by atoms with Crippen LogP contribution in [0.5, 0.6) is 5.75 Å². The Labute approximate surface area is 130 Å². The normalized spacial score (nSPS) is 17.9. The minimum absolute atomic E-state index is 0.0130. The van der Waals surface area contributed by atoms with Gasteiger partial charge in [-0.3, -0.25) is 0 Å². The van der Waals surface area contributed by atoms with Crippen molar-refractivity contribution in [2.24, 2.45) is 0 Å². The third-order valence-corrected chi connectivity index (χ3v) is 3.47. The maximum atomic E-state index is 5.79. The lowest BCUT2D eigenvalue weighted by Crippen LogP contribution is -2.10. The van der Waals surface area contributed by atoms with Gasteiger partial charge in [0, 0.05) is 17.0 Å². The van der Waals surface area contributed by atoms with Gasteiger partial charge in [-0.25, -0.2) is 0 Å². The number of nitrogens with zero attached hydrogens (tertiary/aromatic N) is 1. The molecule has 116 valence electrons. The highest BCUT2D eigenvalue weighted by atomic mass is 16.6. The molecule has 22 heavy (non-hydrogen) atoms. The van der Waals surface area contributed by atoms with Crippen molar-refractivity contribution in [3.8, 4) is 5.75 Å². The van der Waals surface area contributed by atoms with E-state index in [-0.39, 0.29) is 11.5 Å². The predicted octanol–water partition coefficient (Wildman–Crippen LogP) is 3.92. The molecule has 0 radical (unpaired) electrons. The van der Waals surface area contributed by atoms with Crippen molar-refractivity contribution < 1.29 is 14.0 Å². The molecular weight excluding hydrogens is 278 g/mol. The number of ether oxygens (including phenoxy) is 2. The van der Waals surface area contributed by atoms with E-state index in [0.717, 1.165) is 29.4 Å². The second-order valence-corrected chi connectivity index (χ2v) is 6.50. The van der Waals surface area contributed by atoms with Crippen molar-refractivity contribution in [3.63, 3.8) is 0 Å². The van der Waals surface area contributed by atoms with Crippen LogP contribution in [0.2, 0.25) is 0 Å². The average molecular weight is 299 g/mol. The molecule has 0 bridgehead atoms. The Morgan fingerprint density at radius 1 is 1.27 bits per heavy atom. The highest BCUT2D eigenvalue weighted by molar-refractivity contribution is 5.70. The summed E-state index contributed by atoms with van der Waals surface area (Å²) in [5, 5.41) is 4.12. The first-order chi connectivity index (χ1) is 10.5. The molecule has 3 rings (SSSR count). The van der Waals surface area contributed by atoms with Gasteiger partial charge in [-0.1, -0.05) is 44.1 Å². The number of rotatable bonds is 5. The fraction of sp³-hybridized carbons (Fsp3) is 0.389. The van der Waals surface area contributed by atoms with E-state index in [4.69, 9.17) is 14.0 Å². The Kier molecular flexibility index (Phi) is 4.03. The molecule has 2 heterocycles. The molecule has 0 N–H and O–H groups in total. The fourth-order valence-electron chi connectivity index (χ4n) is 1.99. The maximum Gasteiger partial charge on any atom is 0.159 e. The van der Waals surface area contributed by atoms with Crippen LogP contribution in [0.3, 0.4) is 0 Å². The summed E-state index contributed by atoms with van der Waals surface area (Å²) < 4.78 is 16.3. The van der Waals surface area contributed by atoms with Gasteiger partial charge in [-0.2, -0.15) is 0 Å². The summed E-state index contributed by atoms with van der Waals surface area (Å²) in [5.74, 6) is 1.59. The molecule has 1 aromatic heterocycles. The van der Waals surface area contributed by atoms with Crippen LogP contribution in [0.1, 0.15) is 37.8 Å². The van der Waals surface area contributed by atoms with E-state index in [1.54, 1.807) is 0 Å². The highest BCUT2D eigenvalue weighted by Gasteiger charge is 2.23. The molecule has 1 saturated heterocycles. The van der Waals surface area contributed by atoms with Crippen molar-refractivity contribution in [3.05, 3.63) is 47.3 Å². The summed E-state index contributed by atoms with van der Waals surface area (Å²) in [5.41, 5.74) is 1.94. The Morgan fingerprint density at radius 2 is 2.05 bits per heavy atom. The van der Waals surface area contributed by atoms with Gasteiger partial charge in [0.05, 0.1) is 12.3 Å². The first kappa shape index (κ1) is 14.9. The summed E-state index contributed by atoms with van der Waals surface area (Å²) >= 11 is 0. The Balaban J connectivity index is 1.72. The smallest absolute Gasteiger partial charge is 0.159 e. The lowest BCUT2D eigenvalue weighted by atomic mass is 9.92. The van der Waals surface area contributed by atoms with Crippen LogP contribution in [-0.4, -0.2) is 24.5 Å². The van der Waals surface area contributed by atoms with Gasteiger partial charge in [0.2, 0.25) is 0 Å². The molecule has 4 heteroatoms. The summed E-state index contributed by atoms with van der Waals surface area (Å²) in [6.07, 6.45) is 4.15. The van der Waals surface area contributed by atoms with Gasteiger partial charge in [0.1, 0.15) is 18.5 Å². The molecule has 1 aromatic carbocycles. The van der Waals surface area contributed by atoms with Gasteiger partial charge in [0.15, 0.2) is 5.76 Å².